The van der Waals surface area contributed by atoms with Crippen LogP contribution >= 0.6 is 11.6 Å². The minimum Gasteiger partial charge on any atom is -0.450 e. The topological polar surface area (TPSA) is 102 Å². The Morgan fingerprint density at radius 3 is 2.49 bits per heavy atom. The van der Waals surface area contributed by atoms with Crippen molar-refractivity contribution in [3.8, 4) is 23.1 Å². The van der Waals surface area contributed by atoms with Gasteiger partial charge < -0.3 is 4.74 Å². The van der Waals surface area contributed by atoms with E-state index in [9.17, 15) is 31.9 Å². The molecule has 0 amide bonds. The second-order valence-electron chi connectivity index (χ2n) is 6.96. The van der Waals surface area contributed by atoms with E-state index in [4.69, 9.17) is 21.2 Å². The maximum absolute atomic E-state index is 14.8. The van der Waals surface area contributed by atoms with Crippen LogP contribution in [0, 0.1) is 5.82 Å². The first kappa shape index (κ1) is 25.7. The minimum absolute atomic E-state index is 0.0417. The summed E-state index contributed by atoms with van der Waals surface area (Å²) in [6.45, 7) is 2.40. The fraction of sp³-hybridized carbons (Fsp3) is 0.238. The molecule has 0 aliphatic heterocycles. The van der Waals surface area contributed by atoms with Gasteiger partial charge in [-0.05, 0) is 24.6 Å². The monoisotopic (exact) mass is 517 g/mol. The first-order valence-electron chi connectivity index (χ1n) is 9.76. The quantitative estimate of drug-likeness (QED) is 0.277. The van der Waals surface area contributed by atoms with E-state index in [-0.39, 0.29) is 33.4 Å². The summed E-state index contributed by atoms with van der Waals surface area (Å²) in [5, 5.41) is -0.361. The van der Waals surface area contributed by atoms with Crippen LogP contribution in [0.2, 0.25) is 5.02 Å². The predicted octanol–water partition coefficient (Wildman–Crippen LogP) is 3.95. The number of carbonyl (C=O) groups excluding carboxylic acids is 1. The molecule has 35 heavy (non-hydrogen) atoms. The van der Waals surface area contributed by atoms with E-state index in [2.05, 4.69) is 9.87 Å². The summed E-state index contributed by atoms with van der Waals surface area (Å²) in [7, 11) is 1.03. The van der Waals surface area contributed by atoms with Gasteiger partial charge in [0.05, 0.1) is 10.7 Å². The predicted molar refractivity (Wildman–Crippen MR) is 113 cm³/mol. The van der Waals surface area contributed by atoms with Crippen LogP contribution in [0.1, 0.15) is 25.1 Å². The Labute approximate surface area is 199 Å². The summed E-state index contributed by atoms with van der Waals surface area (Å²) in [5.41, 5.74) is -5.98. The zero-order chi connectivity index (χ0) is 26.1. The molecule has 0 atom stereocenters. The number of nitrogens with zero attached hydrogens (tertiary/aromatic N) is 3. The average Bonchev–Trinajstić information content (AvgIpc) is 2.77. The number of aromatic nitrogens is 3. The van der Waals surface area contributed by atoms with E-state index in [0.717, 1.165) is 20.0 Å². The van der Waals surface area contributed by atoms with E-state index in [0.29, 0.717) is 10.6 Å². The van der Waals surface area contributed by atoms with Crippen LogP contribution in [-0.4, -0.2) is 20.1 Å². The van der Waals surface area contributed by atoms with Gasteiger partial charge in [-0.15, -0.1) is 0 Å². The molecule has 0 radical (unpaired) electrons. The number of carbonyl (C=O) groups is 1. The third-order valence-corrected chi connectivity index (χ3v) is 4.94. The first-order chi connectivity index (χ1) is 16.4. The zero-order valence-electron chi connectivity index (χ0n) is 18.3. The SMILES string of the molecule is CCc1c(C(F)(F)F)c(=O)n(-c2cc(Oc3cccnc3OOC(C)=O)c(Cl)cc2F)c(=O)n1C. The van der Waals surface area contributed by atoms with Crippen LogP contribution in [0.3, 0.4) is 0 Å². The van der Waals surface area contributed by atoms with Gasteiger partial charge in [0.15, 0.2) is 5.75 Å². The van der Waals surface area contributed by atoms with Crippen molar-refractivity contribution in [1.29, 1.82) is 0 Å². The Morgan fingerprint density at radius 2 is 1.89 bits per heavy atom. The van der Waals surface area contributed by atoms with E-state index in [1.54, 1.807) is 0 Å². The molecule has 0 saturated carbocycles. The van der Waals surface area contributed by atoms with E-state index >= 15 is 0 Å². The summed E-state index contributed by atoms with van der Waals surface area (Å²) in [5.74, 6) is -2.97. The van der Waals surface area contributed by atoms with Crippen LogP contribution in [0.5, 0.6) is 17.4 Å². The molecule has 3 rings (SSSR count). The molecule has 1 aromatic carbocycles. The molecule has 0 N–H and O–H groups in total. The van der Waals surface area contributed by atoms with E-state index < -0.39 is 46.2 Å². The number of hydrogen-bond donors (Lipinski definition) is 0. The van der Waals surface area contributed by atoms with Crippen LogP contribution < -0.4 is 20.9 Å². The van der Waals surface area contributed by atoms with Crippen molar-refractivity contribution in [3.05, 3.63) is 73.4 Å². The summed E-state index contributed by atoms with van der Waals surface area (Å²) in [6, 6.07) is 4.12. The summed E-state index contributed by atoms with van der Waals surface area (Å²) in [6.07, 6.45) is -4.13. The number of hydrogen-bond acceptors (Lipinski definition) is 7. The van der Waals surface area contributed by atoms with Crippen LogP contribution in [-0.2, 0) is 29.3 Å². The van der Waals surface area contributed by atoms with Gasteiger partial charge in [0.2, 0.25) is 0 Å². The molecule has 2 heterocycles. The number of benzene rings is 1. The van der Waals surface area contributed by atoms with Crippen molar-refractivity contribution in [2.45, 2.75) is 26.4 Å². The molecular weight excluding hydrogens is 502 g/mol. The lowest BCUT2D eigenvalue weighted by atomic mass is 10.1. The van der Waals surface area contributed by atoms with Gasteiger partial charge in [0, 0.05) is 31.9 Å². The number of ether oxygens (including phenoxy) is 1. The highest BCUT2D eigenvalue weighted by atomic mass is 35.5. The van der Waals surface area contributed by atoms with Crippen LogP contribution in [0.15, 0.2) is 40.1 Å². The van der Waals surface area contributed by atoms with E-state index in [1.165, 1.54) is 25.3 Å². The van der Waals surface area contributed by atoms with Crippen molar-refractivity contribution in [2.75, 3.05) is 0 Å². The lowest BCUT2D eigenvalue weighted by Crippen LogP contribution is -2.44. The third-order valence-electron chi connectivity index (χ3n) is 4.64. The highest BCUT2D eigenvalue weighted by Gasteiger charge is 2.39. The van der Waals surface area contributed by atoms with Gasteiger partial charge in [-0.3, -0.25) is 14.2 Å². The molecule has 0 unspecified atom stereocenters. The van der Waals surface area contributed by atoms with Gasteiger partial charge in [-0.1, -0.05) is 18.5 Å². The molecule has 0 bridgehead atoms. The van der Waals surface area contributed by atoms with Crippen LogP contribution in [0.25, 0.3) is 5.69 Å². The maximum atomic E-state index is 14.8. The van der Waals surface area contributed by atoms with Crippen molar-refractivity contribution in [1.82, 2.24) is 14.1 Å². The number of alkyl halides is 3. The molecule has 0 saturated heterocycles. The molecule has 186 valence electrons. The van der Waals surface area contributed by atoms with Gasteiger partial charge in [-0.25, -0.2) is 28.4 Å². The summed E-state index contributed by atoms with van der Waals surface area (Å²) >= 11 is 6.02. The molecule has 14 heteroatoms. The molecule has 0 fully saturated rings. The molecular formula is C21H16ClF4N3O6. The smallest absolute Gasteiger partial charge is 0.423 e. The Balaban J connectivity index is 2.21. The normalized spacial score (nSPS) is 11.3. The molecule has 3 aromatic rings. The van der Waals surface area contributed by atoms with Crippen molar-refractivity contribution in [3.63, 3.8) is 0 Å². The molecule has 0 aliphatic rings. The van der Waals surface area contributed by atoms with Gasteiger partial charge >= 0.3 is 23.7 Å². The lowest BCUT2D eigenvalue weighted by molar-refractivity contribution is -0.212. The standard InChI is InChI=1S/C21H16ClF4N3O6/c1-4-13-17(21(24,25)26)19(31)29(20(32)28(13)3)14-9-16(11(22)8-12(14)23)33-15-6-5-7-27-18(15)35-34-10(2)30/h5-9H,4H2,1-3H3. The number of halogens is 5. The van der Waals surface area contributed by atoms with Gasteiger partial charge in [0.25, 0.3) is 5.56 Å². The zero-order valence-corrected chi connectivity index (χ0v) is 19.0. The third kappa shape index (κ3) is 5.14. The lowest BCUT2D eigenvalue weighted by Gasteiger charge is -2.18. The first-order valence-corrected chi connectivity index (χ1v) is 10.1. The van der Waals surface area contributed by atoms with E-state index in [1.807, 2.05) is 0 Å². The Kier molecular flexibility index (Phi) is 7.19. The molecule has 0 aliphatic carbocycles. The van der Waals surface area contributed by atoms with Crippen molar-refractivity contribution < 1.29 is 36.9 Å². The fourth-order valence-electron chi connectivity index (χ4n) is 3.17. The van der Waals surface area contributed by atoms with Gasteiger partial charge in [0.1, 0.15) is 17.1 Å². The minimum atomic E-state index is -5.11. The second-order valence-corrected chi connectivity index (χ2v) is 7.36. The fourth-order valence-corrected chi connectivity index (χ4v) is 3.36. The van der Waals surface area contributed by atoms with Crippen molar-refractivity contribution >= 4 is 17.6 Å². The largest absolute Gasteiger partial charge is 0.450 e. The summed E-state index contributed by atoms with van der Waals surface area (Å²) < 4.78 is 62.1. The highest BCUT2D eigenvalue weighted by Crippen LogP contribution is 2.36. The Morgan fingerprint density at radius 1 is 1.20 bits per heavy atom. The van der Waals surface area contributed by atoms with Gasteiger partial charge in [-0.2, -0.15) is 13.2 Å². The Hall–Kier alpha value is -3.87. The Bertz CT molecular complexity index is 1420. The summed E-state index contributed by atoms with van der Waals surface area (Å²) in [4.78, 5) is 49.5. The maximum Gasteiger partial charge on any atom is 0.423 e. The average molecular weight is 518 g/mol. The molecule has 9 nitrogen and oxygen atoms in total. The number of rotatable bonds is 6. The molecule has 2 aromatic heterocycles. The number of pyridine rings is 1. The van der Waals surface area contributed by atoms with Crippen molar-refractivity contribution in [2.24, 2.45) is 7.05 Å². The molecule has 0 spiro atoms. The van der Waals surface area contributed by atoms with Crippen LogP contribution in [0.4, 0.5) is 17.6 Å². The second kappa shape index (κ2) is 9.78. The highest BCUT2D eigenvalue weighted by molar-refractivity contribution is 6.32.